The van der Waals surface area contributed by atoms with Gasteiger partial charge in [-0.2, -0.15) is 0 Å². The Labute approximate surface area is 123 Å². The Balaban J connectivity index is 1.94. The zero-order valence-corrected chi connectivity index (χ0v) is 12.9. The highest BCUT2D eigenvalue weighted by Crippen LogP contribution is 2.23. The molecular weight excluding hydrogens is 304 g/mol. The normalized spacial score (nSPS) is 16.3. The molecule has 0 aliphatic carbocycles. The van der Waals surface area contributed by atoms with E-state index >= 15 is 0 Å². The van der Waals surface area contributed by atoms with Gasteiger partial charge in [-0.15, -0.1) is 0 Å². The molecule has 1 aliphatic rings. The predicted molar refractivity (Wildman–Crippen MR) is 82.4 cm³/mol. The summed E-state index contributed by atoms with van der Waals surface area (Å²) in [6, 6.07) is 6.02. The van der Waals surface area contributed by atoms with Gasteiger partial charge in [0.15, 0.2) is 0 Å². The van der Waals surface area contributed by atoms with Crippen LogP contribution < -0.4 is 10.6 Å². The van der Waals surface area contributed by atoms with Gasteiger partial charge in [-0.1, -0.05) is 22.9 Å². The van der Waals surface area contributed by atoms with Crippen LogP contribution in [0.5, 0.6) is 0 Å². The molecule has 3 nitrogen and oxygen atoms in total. The molecule has 0 bridgehead atoms. The van der Waals surface area contributed by atoms with Crippen LogP contribution in [0.1, 0.15) is 31.7 Å². The molecule has 1 aliphatic heterocycles. The lowest BCUT2D eigenvalue weighted by Gasteiger charge is -2.22. The standard InChI is InChI=1S/C15H21BrN2O/c1-2-12-10-13(16)3-4-14(12)18-15(19)9-11-5-7-17-8-6-11/h3-4,10-11,17H,2,5-9H2,1H3,(H,18,19). The molecule has 1 aromatic rings. The molecule has 0 aromatic heterocycles. The number of rotatable bonds is 4. The van der Waals surface area contributed by atoms with Crippen LogP contribution >= 0.6 is 15.9 Å². The summed E-state index contributed by atoms with van der Waals surface area (Å²) in [4.78, 5) is 12.1. The van der Waals surface area contributed by atoms with Gasteiger partial charge < -0.3 is 10.6 Å². The molecule has 0 radical (unpaired) electrons. The molecule has 0 atom stereocenters. The molecule has 2 rings (SSSR count). The van der Waals surface area contributed by atoms with Gasteiger partial charge in [0.25, 0.3) is 0 Å². The average molecular weight is 325 g/mol. The van der Waals surface area contributed by atoms with E-state index < -0.39 is 0 Å². The number of anilines is 1. The van der Waals surface area contributed by atoms with Crippen LogP contribution in [0.25, 0.3) is 0 Å². The van der Waals surface area contributed by atoms with E-state index in [1.54, 1.807) is 0 Å². The third kappa shape index (κ3) is 4.32. The Bertz CT molecular complexity index is 442. The lowest BCUT2D eigenvalue weighted by Crippen LogP contribution is -2.30. The number of hydrogen-bond acceptors (Lipinski definition) is 2. The number of nitrogens with one attached hydrogen (secondary N) is 2. The smallest absolute Gasteiger partial charge is 0.224 e. The van der Waals surface area contributed by atoms with Crippen molar-refractivity contribution in [3.63, 3.8) is 0 Å². The maximum atomic E-state index is 12.1. The molecule has 1 fully saturated rings. The first kappa shape index (κ1) is 14.5. The molecule has 1 saturated heterocycles. The topological polar surface area (TPSA) is 41.1 Å². The highest BCUT2D eigenvalue weighted by molar-refractivity contribution is 9.10. The third-order valence-corrected chi connectivity index (χ3v) is 4.15. The van der Waals surface area contributed by atoms with Gasteiger partial charge in [-0.25, -0.2) is 0 Å². The summed E-state index contributed by atoms with van der Waals surface area (Å²) >= 11 is 3.46. The number of carbonyl (C=O) groups is 1. The average Bonchev–Trinajstić information content (AvgIpc) is 2.42. The van der Waals surface area contributed by atoms with E-state index in [0.29, 0.717) is 12.3 Å². The maximum absolute atomic E-state index is 12.1. The van der Waals surface area contributed by atoms with Gasteiger partial charge in [0.05, 0.1) is 0 Å². The Morgan fingerprint density at radius 2 is 2.16 bits per heavy atom. The molecule has 0 spiro atoms. The van der Waals surface area contributed by atoms with Crippen molar-refractivity contribution >= 4 is 27.5 Å². The second-order valence-electron chi connectivity index (χ2n) is 5.10. The molecule has 0 unspecified atom stereocenters. The van der Waals surface area contributed by atoms with Gasteiger partial charge in [-0.05, 0) is 62.0 Å². The Hall–Kier alpha value is -0.870. The number of aryl methyl sites for hydroxylation is 1. The van der Waals surface area contributed by atoms with Crippen molar-refractivity contribution in [2.45, 2.75) is 32.6 Å². The van der Waals surface area contributed by atoms with E-state index in [4.69, 9.17) is 0 Å². The largest absolute Gasteiger partial charge is 0.326 e. The molecule has 1 amide bonds. The van der Waals surface area contributed by atoms with Crippen molar-refractivity contribution < 1.29 is 4.79 Å². The number of benzene rings is 1. The van der Waals surface area contributed by atoms with Gasteiger partial charge in [0, 0.05) is 16.6 Å². The number of carbonyl (C=O) groups excluding carboxylic acids is 1. The van der Waals surface area contributed by atoms with E-state index in [-0.39, 0.29) is 5.91 Å². The summed E-state index contributed by atoms with van der Waals surface area (Å²) in [5.41, 5.74) is 2.12. The van der Waals surface area contributed by atoms with Crippen LogP contribution in [0.15, 0.2) is 22.7 Å². The van der Waals surface area contributed by atoms with Crippen LogP contribution in [0, 0.1) is 5.92 Å². The van der Waals surface area contributed by atoms with Crippen molar-refractivity contribution in [2.24, 2.45) is 5.92 Å². The zero-order chi connectivity index (χ0) is 13.7. The fourth-order valence-corrected chi connectivity index (χ4v) is 2.93. The first-order chi connectivity index (χ1) is 9.19. The predicted octanol–water partition coefficient (Wildman–Crippen LogP) is 3.34. The Morgan fingerprint density at radius 3 is 2.84 bits per heavy atom. The second-order valence-corrected chi connectivity index (χ2v) is 6.02. The molecule has 0 saturated carbocycles. The second kappa shape index (κ2) is 7.06. The van der Waals surface area contributed by atoms with E-state index in [1.807, 2.05) is 12.1 Å². The minimum atomic E-state index is 0.143. The van der Waals surface area contributed by atoms with E-state index in [9.17, 15) is 4.79 Å². The number of hydrogen-bond donors (Lipinski definition) is 2. The van der Waals surface area contributed by atoms with Gasteiger partial charge in [0.1, 0.15) is 0 Å². The molecule has 104 valence electrons. The number of piperidine rings is 1. The zero-order valence-electron chi connectivity index (χ0n) is 11.3. The molecule has 4 heteroatoms. The van der Waals surface area contributed by atoms with Crippen LogP contribution in [0.4, 0.5) is 5.69 Å². The molecular formula is C15H21BrN2O. The van der Waals surface area contributed by atoms with Crippen LogP contribution in [-0.2, 0) is 11.2 Å². The van der Waals surface area contributed by atoms with Crippen molar-refractivity contribution in [3.05, 3.63) is 28.2 Å². The van der Waals surface area contributed by atoms with Gasteiger partial charge in [-0.3, -0.25) is 4.79 Å². The van der Waals surface area contributed by atoms with Gasteiger partial charge in [0.2, 0.25) is 5.91 Å². The lowest BCUT2D eigenvalue weighted by molar-refractivity contribution is -0.117. The van der Waals surface area contributed by atoms with Crippen LogP contribution in [-0.4, -0.2) is 19.0 Å². The SMILES string of the molecule is CCc1cc(Br)ccc1NC(=O)CC1CCNCC1. The summed E-state index contributed by atoms with van der Waals surface area (Å²) in [6.45, 7) is 4.18. The molecule has 1 heterocycles. The number of halogens is 1. The summed E-state index contributed by atoms with van der Waals surface area (Å²) in [6.07, 6.45) is 3.77. The summed E-state index contributed by atoms with van der Waals surface area (Å²) in [7, 11) is 0. The highest BCUT2D eigenvalue weighted by Gasteiger charge is 2.17. The third-order valence-electron chi connectivity index (χ3n) is 3.66. The van der Waals surface area contributed by atoms with Crippen molar-refractivity contribution in [3.8, 4) is 0 Å². The fourth-order valence-electron chi connectivity index (χ4n) is 2.53. The van der Waals surface area contributed by atoms with Gasteiger partial charge >= 0.3 is 0 Å². The van der Waals surface area contributed by atoms with E-state index in [1.165, 1.54) is 5.56 Å². The quantitative estimate of drug-likeness (QED) is 0.891. The molecule has 1 aromatic carbocycles. The van der Waals surface area contributed by atoms with Crippen LogP contribution in [0.3, 0.4) is 0 Å². The Kier molecular flexibility index (Phi) is 5.40. The fraction of sp³-hybridized carbons (Fsp3) is 0.533. The van der Waals surface area contributed by atoms with Crippen molar-refractivity contribution in [1.82, 2.24) is 5.32 Å². The highest BCUT2D eigenvalue weighted by atomic mass is 79.9. The van der Waals surface area contributed by atoms with Crippen molar-refractivity contribution in [2.75, 3.05) is 18.4 Å². The number of amides is 1. The lowest BCUT2D eigenvalue weighted by atomic mass is 9.94. The summed E-state index contributed by atoms with van der Waals surface area (Å²) < 4.78 is 1.06. The Morgan fingerprint density at radius 1 is 1.42 bits per heavy atom. The summed E-state index contributed by atoms with van der Waals surface area (Å²) in [5, 5.41) is 6.38. The monoisotopic (exact) mass is 324 g/mol. The molecule has 19 heavy (non-hydrogen) atoms. The minimum absolute atomic E-state index is 0.143. The van der Waals surface area contributed by atoms with E-state index in [2.05, 4.69) is 39.6 Å². The minimum Gasteiger partial charge on any atom is -0.326 e. The first-order valence-corrected chi connectivity index (χ1v) is 7.77. The molecule has 2 N–H and O–H groups in total. The first-order valence-electron chi connectivity index (χ1n) is 6.98. The van der Waals surface area contributed by atoms with Crippen molar-refractivity contribution in [1.29, 1.82) is 0 Å². The summed E-state index contributed by atoms with van der Waals surface area (Å²) in [5.74, 6) is 0.672. The van der Waals surface area contributed by atoms with Crippen LogP contribution in [0.2, 0.25) is 0 Å². The maximum Gasteiger partial charge on any atom is 0.224 e. The van der Waals surface area contributed by atoms with E-state index in [0.717, 1.165) is 42.5 Å².